The molecule has 0 saturated heterocycles. The van der Waals surface area contributed by atoms with Crippen LogP contribution in [-0.4, -0.2) is 10.7 Å². The predicted molar refractivity (Wildman–Crippen MR) is 80.2 cm³/mol. The van der Waals surface area contributed by atoms with E-state index in [1.54, 1.807) is 0 Å². The van der Waals surface area contributed by atoms with Crippen LogP contribution in [0.5, 0.6) is 0 Å². The average Bonchev–Trinajstić information content (AvgIpc) is 2.35. The van der Waals surface area contributed by atoms with Crippen LogP contribution >= 0.6 is 27.5 Å². The number of amides is 1. The third-order valence-corrected chi connectivity index (χ3v) is 4.56. The summed E-state index contributed by atoms with van der Waals surface area (Å²) in [4.78, 5) is 11.9. The molecule has 2 nitrogen and oxygen atoms in total. The summed E-state index contributed by atoms with van der Waals surface area (Å²) in [5, 5.41) is 3.76. The molecule has 0 aromatic heterocycles. The van der Waals surface area contributed by atoms with Gasteiger partial charge in [0.2, 0.25) is 5.91 Å². The van der Waals surface area contributed by atoms with Crippen molar-refractivity contribution in [2.75, 3.05) is 0 Å². The Morgan fingerprint density at radius 1 is 1.33 bits per heavy atom. The Hall–Kier alpha value is -0.540. The summed E-state index contributed by atoms with van der Waals surface area (Å²) in [6.45, 7) is 6.09. The molecule has 0 saturated carbocycles. The van der Waals surface area contributed by atoms with Gasteiger partial charge >= 0.3 is 0 Å². The monoisotopic (exact) mass is 331 g/mol. The van der Waals surface area contributed by atoms with Crippen molar-refractivity contribution in [3.05, 3.63) is 34.9 Å². The second kappa shape index (κ2) is 7.15. The van der Waals surface area contributed by atoms with Gasteiger partial charge in [-0.15, -0.1) is 0 Å². The van der Waals surface area contributed by atoms with Crippen LogP contribution in [0.4, 0.5) is 0 Å². The average molecular weight is 333 g/mol. The predicted octanol–water partition coefficient (Wildman–Crippen LogP) is 4.33. The molecule has 2 unspecified atom stereocenters. The van der Waals surface area contributed by atoms with Gasteiger partial charge in [-0.3, -0.25) is 4.79 Å². The molecule has 1 aromatic carbocycles. The molecule has 4 heteroatoms. The van der Waals surface area contributed by atoms with Crippen LogP contribution < -0.4 is 5.32 Å². The Kier molecular flexibility index (Phi) is 6.16. The summed E-state index contributed by atoms with van der Waals surface area (Å²) < 4.78 is 0. The summed E-state index contributed by atoms with van der Waals surface area (Å²) in [5.74, 6) is 0.305. The van der Waals surface area contributed by atoms with Crippen LogP contribution in [-0.2, 0) is 4.79 Å². The van der Waals surface area contributed by atoms with E-state index in [0.717, 1.165) is 12.0 Å². The van der Waals surface area contributed by atoms with Gasteiger partial charge in [0, 0.05) is 5.02 Å². The minimum absolute atomic E-state index is 0.0341. The van der Waals surface area contributed by atoms with Crippen molar-refractivity contribution in [3.8, 4) is 0 Å². The maximum absolute atomic E-state index is 12.0. The third-order valence-electron chi connectivity index (χ3n) is 2.83. The van der Waals surface area contributed by atoms with Gasteiger partial charge in [-0.25, -0.2) is 0 Å². The Bertz CT molecular complexity index is 391. The molecule has 1 N–H and O–H groups in total. The summed E-state index contributed by atoms with van der Waals surface area (Å²) in [5.41, 5.74) is 1.08. The van der Waals surface area contributed by atoms with Crippen LogP contribution in [0.2, 0.25) is 5.02 Å². The van der Waals surface area contributed by atoms with E-state index in [1.165, 1.54) is 0 Å². The Morgan fingerprint density at radius 2 is 1.89 bits per heavy atom. The summed E-state index contributed by atoms with van der Waals surface area (Å²) in [6, 6.07) is 7.64. The third kappa shape index (κ3) is 4.29. The van der Waals surface area contributed by atoms with Crippen LogP contribution in [0.15, 0.2) is 24.3 Å². The summed E-state index contributed by atoms with van der Waals surface area (Å²) >= 11 is 9.28. The van der Waals surface area contributed by atoms with E-state index in [1.807, 2.05) is 38.1 Å². The lowest BCUT2D eigenvalue weighted by atomic mass is 10.0. The number of rotatable bonds is 5. The number of halogens is 2. The van der Waals surface area contributed by atoms with Crippen molar-refractivity contribution in [1.82, 2.24) is 5.32 Å². The first-order valence-electron chi connectivity index (χ1n) is 6.15. The highest BCUT2D eigenvalue weighted by Gasteiger charge is 2.21. The number of carbonyl (C=O) groups excluding carboxylic acids is 1. The normalized spacial score (nSPS) is 14.3. The quantitative estimate of drug-likeness (QED) is 0.799. The molecule has 0 aliphatic carbocycles. The number of carbonyl (C=O) groups is 1. The van der Waals surface area contributed by atoms with Gasteiger partial charge < -0.3 is 5.32 Å². The summed E-state index contributed by atoms with van der Waals surface area (Å²) in [6.07, 6.45) is 0.852. The lowest BCUT2D eigenvalue weighted by molar-refractivity contribution is -0.121. The molecule has 0 radical (unpaired) electrons. The van der Waals surface area contributed by atoms with E-state index in [4.69, 9.17) is 11.6 Å². The van der Waals surface area contributed by atoms with Crippen molar-refractivity contribution in [1.29, 1.82) is 0 Å². The molecule has 0 heterocycles. The highest BCUT2D eigenvalue weighted by Crippen LogP contribution is 2.21. The first-order valence-corrected chi connectivity index (χ1v) is 7.45. The molecule has 0 aliphatic rings. The van der Waals surface area contributed by atoms with Crippen LogP contribution in [0.3, 0.4) is 0 Å². The zero-order valence-electron chi connectivity index (χ0n) is 10.9. The molecule has 0 fully saturated rings. The number of benzene rings is 1. The van der Waals surface area contributed by atoms with Crippen LogP contribution in [0.1, 0.15) is 38.8 Å². The number of nitrogens with one attached hydrogen (secondary N) is 1. The molecule has 0 aliphatic heterocycles. The standard InChI is InChI=1S/C14H19BrClNO/c1-4-12(10-5-7-11(16)8-6-10)17-14(18)13(15)9(2)3/h5-9,12-13H,4H2,1-3H3,(H,17,18). The maximum atomic E-state index is 12.0. The fourth-order valence-electron chi connectivity index (χ4n) is 1.67. The van der Waals surface area contributed by atoms with Gasteiger partial charge in [0.05, 0.1) is 10.9 Å². The maximum Gasteiger partial charge on any atom is 0.234 e. The van der Waals surface area contributed by atoms with E-state index in [0.29, 0.717) is 5.02 Å². The van der Waals surface area contributed by atoms with Crippen molar-refractivity contribution >= 4 is 33.4 Å². The van der Waals surface area contributed by atoms with Gasteiger partial charge in [-0.1, -0.05) is 60.4 Å². The van der Waals surface area contributed by atoms with Crippen molar-refractivity contribution in [2.45, 2.75) is 38.1 Å². The van der Waals surface area contributed by atoms with Gasteiger partial charge in [0.25, 0.3) is 0 Å². The van der Waals surface area contributed by atoms with E-state index in [-0.39, 0.29) is 22.7 Å². The number of hydrogen-bond donors (Lipinski definition) is 1. The van der Waals surface area contributed by atoms with E-state index in [2.05, 4.69) is 28.2 Å². The first-order chi connectivity index (χ1) is 8.45. The Morgan fingerprint density at radius 3 is 2.33 bits per heavy atom. The molecule has 0 spiro atoms. The fraction of sp³-hybridized carbons (Fsp3) is 0.500. The zero-order chi connectivity index (χ0) is 13.7. The molecular weight excluding hydrogens is 314 g/mol. The number of hydrogen-bond acceptors (Lipinski definition) is 1. The molecule has 18 heavy (non-hydrogen) atoms. The fourth-order valence-corrected chi connectivity index (χ4v) is 1.93. The minimum atomic E-state index is -0.154. The highest BCUT2D eigenvalue weighted by molar-refractivity contribution is 9.10. The molecule has 1 amide bonds. The van der Waals surface area contributed by atoms with Gasteiger partial charge in [-0.2, -0.15) is 0 Å². The minimum Gasteiger partial charge on any atom is -0.348 e. The largest absolute Gasteiger partial charge is 0.348 e. The summed E-state index contributed by atoms with van der Waals surface area (Å²) in [7, 11) is 0. The molecule has 1 rings (SSSR count). The van der Waals surface area contributed by atoms with Crippen molar-refractivity contribution in [2.24, 2.45) is 5.92 Å². The second-order valence-electron chi connectivity index (χ2n) is 4.67. The molecule has 0 bridgehead atoms. The smallest absolute Gasteiger partial charge is 0.234 e. The molecule has 2 atom stereocenters. The lowest BCUT2D eigenvalue weighted by Crippen LogP contribution is -2.36. The van der Waals surface area contributed by atoms with E-state index >= 15 is 0 Å². The number of alkyl halides is 1. The van der Waals surface area contributed by atoms with E-state index in [9.17, 15) is 4.79 Å². The van der Waals surface area contributed by atoms with Crippen LogP contribution in [0.25, 0.3) is 0 Å². The highest BCUT2D eigenvalue weighted by atomic mass is 79.9. The molecular formula is C14H19BrClNO. The SMILES string of the molecule is CCC(NC(=O)C(Br)C(C)C)c1ccc(Cl)cc1. The Labute approximate surface area is 122 Å². The van der Waals surface area contributed by atoms with Gasteiger partial charge in [-0.05, 0) is 30.0 Å². The van der Waals surface area contributed by atoms with Crippen molar-refractivity contribution < 1.29 is 4.79 Å². The second-order valence-corrected chi connectivity index (χ2v) is 6.09. The van der Waals surface area contributed by atoms with Crippen molar-refractivity contribution in [3.63, 3.8) is 0 Å². The van der Waals surface area contributed by atoms with Crippen LogP contribution in [0, 0.1) is 5.92 Å². The topological polar surface area (TPSA) is 29.1 Å². The van der Waals surface area contributed by atoms with Gasteiger partial charge in [0.15, 0.2) is 0 Å². The Balaban J connectivity index is 2.73. The first kappa shape index (κ1) is 15.5. The molecule has 1 aromatic rings. The van der Waals surface area contributed by atoms with Gasteiger partial charge in [0.1, 0.15) is 0 Å². The lowest BCUT2D eigenvalue weighted by Gasteiger charge is -2.21. The molecule has 100 valence electrons. The van der Waals surface area contributed by atoms with E-state index < -0.39 is 0 Å². The zero-order valence-corrected chi connectivity index (χ0v) is 13.3.